The Bertz CT molecular complexity index is 495. The maximum absolute atomic E-state index is 11.4. The Morgan fingerprint density at radius 2 is 2.39 bits per heavy atom. The molecule has 1 aromatic rings. The summed E-state index contributed by atoms with van der Waals surface area (Å²) in [6, 6.07) is 2.07. The Hall–Kier alpha value is -0.880. The van der Waals surface area contributed by atoms with E-state index in [0.29, 0.717) is 11.5 Å². The van der Waals surface area contributed by atoms with Crippen molar-refractivity contribution in [1.82, 2.24) is 9.78 Å². The zero-order valence-corrected chi connectivity index (χ0v) is 11.6. The standard InChI is InChI=1S/C12H21N3O2S/c1-15-12(4-6-14-15)3-2-11(13)8-10-5-7-18(16,17)9-10/h4,6,10-11H,2-3,5,7-9,13H2,1H3. The van der Waals surface area contributed by atoms with E-state index in [-0.39, 0.29) is 12.0 Å². The van der Waals surface area contributed by atoms with E-state index in [4.69, 9.17) is 5.73 Å². The van der Waals surface area contributed by atoms with E-state index < -0.39 is 9.84 Å². The number of hydrogen-bond acceptors (Lipinski definition) is 4. The van der Waals surface area contributed by atoms with Gasteiger partial charge in [-0.05, 0) is 37.7 Å². The van der Waals surface area contributed by atoms with Crippen LogP contribution < -0.4 is 5.73 Å². The van der Waals surface area contributed by atoms with Crippen LogP contribution in [0.3, 0.4) is 0 Å². The van der Waals surface area contributed by atoms with E-state index in [1.165, 1.54) is 5.69 Å². The van der Waals surface area contributed by atoms with Gasteiger partial charge in [-0.1, -0.05) is 0 Å². The molecule has 2 N–H and O–H groups in total. The van der Waals surface area contributed by atoms with E-state index >= 15 is 0 Å². The van der Waals surface area contributed by atoms with E-state index in [2.05, 4.69) is 5.10 Å². The predicted molar refractivity (Wildman–Crippen MR) is 70.9 cm³/mol. The van der Waals surface area contributed by atoms with Crippen LogP contribution in [0.2, 0.25) is 0 Å². The SMILES string of the molecule is Cn1nccc1CCC(N)CC1CCS(=O)(=O)C1. The summed E-state index contributed by atoms with van der Waals surface area (Å²) in [6.45, 7) is 0. The summed E-state index contributed by atoms with van der Waals surface area (Å²) in [6.07, 6.45) is 5.16. The molecule has 0 amide bonds. The molecule has 18 heavy (non-hydrogen) atoms. The van der Waals surface area contributed by atoms with Gasteiger partial charge in [0.05, 0.1) is 11.5 Å². The van der Waals surface area contributed by atoms with Crippen LogP contribution in [0.25, 0.3) is 0 Å². The minimum Gasteiger partial charge on any atom is -0.328 e. The van der Waals surface area contributed by atoms with Gasteiger partial charge in [0.15, 0.2) is 9.84 Å². The monoisotopic (exact) mass is 271 g/mol. The maximum atomic E-state index is 11.4. The van der Waals surface area contributed by atoms with Crippen LogP contribution >= 0.6 is 0 Å². The molecule has 2 unspecified atom stereocenters. The van der Waals surface area contributed by atoms with Crippen LogP contribution in [0.1, 0.15) is 25.0 Å². The molecule has 6 heteroatoms. The highest BCUT2D eigenvalue weighted by Crippen LogP contribution is 2.23. The van der Waals surface area contributed by atoms with Gasteiger partial charge in [0.2, 0.25) is 0 Å². The molecular weight excluding hydrogens is 250 g/mol. The molecule has 2 heterocycles. The molecule has 0 aliphatic carbocycles. The lowest BCUT2D eigenvalue weighted by atomic mass is 9.96. The highest BCUT2D eigenvalue weighted by molar-refractivity contribution is 7.91. The maximum Gasteiger partial charge on any atom is 0.150 e. The van der Waals surface area contributed by atoms with Gasteiger partial charge in [-0.25, -0.2) is 8.42 Å². The van der Waals surface area contributed by atoms with E-state index in [1.54, 1.807) is 6.20 Å². The molecule has 5 nitrogen and oxygen atoms in total. The Kier molecular flexibility index (Phi) is 4.07. The van der Waals surface area contributed by atoms with Gasteiger partial charge < -0.3 is 5.73 Å². The average Bonchev–Trinajstić information content (AvgIpc) is 2.82. The highest BCUT2D eigenvalue weighted by atomic mass is 32.2. The van der Waals surface area contributed by atoms with Crippen molar-refractivity contribution in [2.24, 2.45) is 18.7 Å². The van der Waals surface area contributed by atoms with Gasteiger partial charge in [-0.2, -0.15) is 5.10 Å². The van der Waals surface area contributed by atoms with E-state index in [1.807, 2.05) is 17.8 Å². The molecule has 2 atom stereocenters. The van der Waals surface area contributed by atoms with Crippen LogP contribution in [0.4, 0.5) is 0 Å². The lowest BCUT2D eigenvalue weighted by molar-refractivity contribution is 0.449. The van der Waals surface area contributed by atoms with Crippen LogP contribution in [0.15, 0.2) is 12.3 Å². The van der Waals surface area contributed by atoms with Crippen molar-refractivity contribution in [2.75, 3.05) is 11.5 Å². The smallest absolute Gasteiger partial charge is 0.150 e. The highest BCUT2D eigenvalue weighted by Gasteiger charge is 2.28. The molecule has 1 aromatic heterocycles. The summed E-state index contributed by atoms with van der Waals surface area (Å²) >= 11 is 0. The molecule has 1 aliphatic heterocycles. The van der Waals surface area contributed by atoms with Crippen LogP contribution in [0, 0.1) is 5.92 Å². The first-order chi connectivity index (χ1) is 8.46. The van der Waals surface area contributed by atoms with Crippen molar-refractivity contribution in [3.63, 3.8) is 0 Å². The number of sulfone groups is 1. The molecular formula is C12H21N3O2S. The molecule has 0 bridgehead atoms. The van der Waals surface area contributed by atoms with E-state index in [9.17, 15) is 8.42 Å². The summed E-state index contributed by atoms with van der Waals surface area (Å²) in [7, 11) is -0.855. The van der Waals surface area contributed by atoms with Crippen molar-refractivity contribution in [1.29, 1.82) is 0 Å². The molecule has 102 valence electrons. The van der Waals surface area contributed by atoms with Crippen molar-refractivity contribution in [3.05, 3.63) is 18.0 Å². The first-order valence-electron chi connectivity index (χ1n) is 6.39. The minimum atomic E-state index is -2.78. The number of rotatable bonds is 5. The Morgan fingerprint density at radius 3 is 2.94 bits per heavy atom. The van der Waals surface area contributed by atoms with Crippen LogP contribution in [-0.4, -0.2) is 35.7 Å². The van der Waals surface area contributed by atoms with Gasteiger partial charge in [-0.15, -0.1) is 0 Å². The lowest BCUT2D eigenvalue weighted by Crippen LogP contribution is -2.25. The van der Waals surface area contributed by atoms with Crippen LogP contribution in [-0.2, 0) is 23.3 Å². The third-order valence-corrected chi connectivity index (χ3v) is 5.49. The van der Waals surface area contributed by atoms with Gasteiger partial charge in [-0.3, -0.25) is 4.68 Å². The predicted octanol–water partition coefficient (Wildman–Crippen LogP) is 0.505. The van der Waals surface area contributed by atoms with Crippen molar-refractivity contribution < 1.29 is 8.42 Å². The molecule has 1 fully saturated rings. The number of nitrogens with zero attached hydrogens (tertiary/aromatic N) is 2. The first kappa shape index (κ1) is 13.5. The topological polar surface area (TPSA) is 78.0 Å². The number of hydrogen-bond donors (Lipinski definition) is 1. The normalized spacial score (nSPS) is 24.2. The lowest BCUT2D eigenvalue weighted by Gasteiger charge is -2.15. The molecule has 0 saturated carbocycles. The van der Waals surface area contributed by atoms with Gasteiger partial charge in [0, 0.05) is 25.0 Å². The average molecular weight is 271 g/mol. The molecule has 0 aromatic carbocycles. The largest absolute Gasteiger partial charge is 0.328 e. The zero-order chi connectivity index (χ0) is 13.2. The summed E-state index contributed by atoms with van der Waals surface area (Å²) in [4.78, 5) is 0. The van der Waals surface area contributed by atoms with Gasteiger partial charge in [0.1, 0.15) is 0 Å². The first-order valence-corrected chi connectivity index (χ1v) is 8.21. The third-order valence-electron chi connectivity index (χ3n) is 3.66. The summed E-state index contributed by atoms with van der Waals surface area (Å²) < 4.78 is 24.6. The second-order valence-corrected chi connectivity index (χ2v) is 7.48. The zero-order valence-electron chi connectivity index (χ0n) is 10.7. The van der Waals surface area contributed by atoms with Gasteiger partial charge >= 0.3 is 0 Å². The summed E-state index contributed by atoms with van der Waals surface area (Å²) in [5.41, 5.74) is 7.26. The second kappa shape index (κ2) is 5.40. The number of nitrogens with two attached hydrogens (primary N) is 1. The molecule has 0 radical (unpaired) electrons. The molecule has 0 spiro atoms. The fourth-order valence-electron chi connectivity index (χ4n) is 2.58. The van der Waals surface area contributed by atoms with Crippen molar-refractivity contribution >= 4 is 9.84 Å². The Balaban J connectivity index is 1.76. The Morgan fingerprint density at radius 1 is 1.61 bits per heavy atom. The van der Waals surface area contributed by atoms with Crippen molar-refractivity contribution in [3.8, 4) is 0 Å². The quantitative estimate of drug-likeness (QED) is 0.846. The van der Waals surface area contributed by atoms with Crippen LogP contribution in [0.5, 0.6) is 0 Å². The van der Waals surface area contributed by atoms with Gasteiger partial charge in [0.25, 0.3) is 0 Å². The minimum absolute atomic E-state index is 0.0817. The fourth-order valence-corrected chi connectivity index (χ4v) is 4.46. The summed E-state index contributed by atoms with van der Waals surface area (Å²) in [5.74, 6) is 0.926. The molecule has 1 aliphatic rings. The summed E-state index contributed by atoms with van der Waals surface area (Å²) in [5, 5.41) is 4.11. The third kappa shape index (κ3) is 3.55. The number of aryl methyl sites for hydroxylation is 2. The van der Waals surface area contributed by atoms with E-state index in [0.717, 1.165) is 25.7 Å². The molecule has 1 saturated heterocycles. The fraction of sp³-hybridized carbons (Fsp3) is 0.750. The Labute approximate surface area is 108 Å². The van der Waals surface area contributed by atoms with Crippen molar-refractivity contribution in [2.45, 2.75) is 31.7 Å². The molecule has 2 rings (SSSR count). The number of aromatic nitrogens is 2. The second-order valence-electron chi connectivity index (χ2n) is 5.25.